The highest BCUT2D eigenvalue weighted by atomic mass is 16.5. The molecular weight excluding hydrogens is 224 g/mol. The SMILES string of the molecule is CCOc1cccc(CN2CCCCC2CN)c1. The van der Waals surface area contributed by atoms with E-state index in [0.717, 1.165) is 25.4 Å². The third-order valence-electron chi connectivity index (χ3n) is 3.62. The standard InChI is InChI=1S/C15H24N2O/c1-2-18-15-8-5-6-13(10-15)12-17-9-4-3-7-14(17)11-16/h5-6,8,10,14H,2-4,7,9,11-12,16H2,1H3. The molecule has 0 spiro atoms. The van der Waals surface area contributed by atoms with Gasteiger partial charge in [-0.05, 0) is 44.0 Å². The molecule has 1 unspecified atom stereocenters. The fourth-order valence-corrected chi connectivity index (χ4v) is 2.67. The zero-order valence-electron chi connectivity index (χ0n) is 11.3. The molecule has 18 heavy (non-hydrogen) atoms. The lowest BCUT2D eigenvalue weighted by Gasteiger charge is -2.35. The smallest absolute Gasteiger partial charge is 0.119 e. The largest absolute Gasteiger partial charge is 0.494 e. The molecule has 0 radical (unpaired) electrons. The monoisotopic (exact) mass is 248 g/mol. The van der Waals surface area contributed by atoms with Crippen molar-refractivity contribution in [3.8, 4) is 5.75 Å². The van der Waals surface area contributed by atoms with Crippen LogP contribution in [0.3, 0.4) is 0 Å². The van der Waals surface area contributed by atoms with Gasteiger partial charge in [0.1, 0.15) is 5.75 Å². The van der Waals surface area contributed by atoms with Crippen molar-refractivity contribution in [1.82, 2.24) is 4.90 Å². The van der Waals surface area contributed by atoms with Crippen molar-refractivity contribution in [1.29, 1.82) is 0 Å². The van der Waals surface area contributed by atoms with Crippen molar-refractivity contribution in [2.45, 2.75) is 38.8 Å². The zero-order valence-corrected chi connectivity index (χ0v) is 11.3. The highest BCUT2D eigenvalue weighted by molar-refractivity contribution is 5.28. The molecule has 1 heterocycles. The summed E-state index contributed by atoms with van der Waals surface area (Å²) in [6.07, 6.45) is 3.85. The summed E-state index contributed by atoms with van der Waals surface area (Å²) in [5.41, 5.74) is 7.18. The number of benzene rings is 1. The lowest BCUT2D eigenvalue weighted by atomic mass is 10.0. The first-order chi connectivity index (χ1) is 8.83. The maximum absolute atomic E-state index is 5.86. The Hall–Kier alpha value is -1.06. The van der Waals surface area contributed by atoms with Crippen LogP contribution < -0.4 is 10.5 Å². The minimum atomic E-state index is 0.550. The van der Waals surface area contributed by atoms with Gasteiger partial charge in [0.25, 0.3) is 0 Å². The molecule has 0 saturated carbocycles. The van der Waals surface area contributed by atoms with Gasteiger partial charge >= 0.3 is 0 Å². The molecule has 1 atom stereocenters. The molecule has 2 rings (SSSR count). The van der Waals surface area contributed by atoms with Crippen LogP contribution in [0.2, 0.25) is 0 Å². The van der Waals surface area contributed by atoms with Crippen molar-refractivity contribution >= 4 is 0 Å². The number of nitrogens with zero attached hydrogens (tertiary/aromatic N) is 1. The van der Waals surface area contributed by atoms with Gasteiger partial charge in [0.2, 0.25) is 0 Å². The Morgan fingerprint density at radius 3 is 3.06 bits per heavy atom. The molecule has 1 saturated heterocycles. The predicted molar refractivity (Wildman–Crippen MR) is 74.7 cm³/mol. The summed E-state index contributed by atoms with van der Waals surface area (Å²) in [4.78, 5) is 2.51. The van der Waals surface area contributed by atoms with E-state index in [0.29, 0.717) is 6.04 Å². The third-order valence-corrected chi connectivity index (χ3v) is 3.62. The van der Waals surface area contributed by atoms with Crippen LogP contribution in [0.5, 0.6) is 5.75 Å². The van der Waals surface area contributed by atoms with Gasteiger partial charge in [-0.2, -0.15) is 0 Å². The van der Waals surface area contributed by atoms with E-state index < -0.39 is 0 Å². The molecule has 3 heteroatoms. The van der Waals surface area contributed by atoms with Crippen molar-refractivity contribution in [3.05, 3.63) is 29.8 Å². The van der Waals surface area contributed by atoms with Gasteiger partial charge in [-0.3, -0.25) is 4.90 Å². The van der Waals surface area contributed by atoms with Gasteiger partial charge in [-0.25, -0.2) is 0 Å². The van der Waals surface area contributed by atoms with Gasteiger partial charge in [-0.1, -0.05) is 18.6 Å². The number of hydrogen-bond acceptors (Lipinski definition) is 3. The lowest BCUT2D eigenvalue weighted by Crippen LogP contribution is -2.43. The molecule has 1 aliphatic rings. The Bertz CT molecular complexity index is 367. The zero-order chi connectivity index (χ0) is 12.8. The average Bonchev–Trinajstić information content (AvgIpc) is 2.40. The van der Waals surface area contributed by atoms with Crippen molar-refractivity contribution in [2.75, 3.05) is 19.7 Å². The van der Waals surface area contributed by atoms with E-state index in [1.165, 1.54) is 31.4 Å². The highest BCUT2D eigenvalue weighted by Crippen LogP contribution is 2.21. The summed E-state index contributed by atoms with van der Waals surface area (Å²) < 4.78 is 5.55. The normalized spacial score (nSPS) is 20.9. The Labute approximate surface area is 110 Å². The van der Waals surface area contributed by atoms with E-state index in [1.54, 1.807) is 0 Å². The number of piperidine rings is 1. The Kier molecular flexibility index (Phi) is 5.02. The topological polar surface area (TPSA) is 38.5 Å². The fourth-order valence-electron chi connectivity index (χ4n) is 2.67. The molecule has 0 bridgehead atoms. The van der Waals surface area contributed by atoms with Gasteiger partial charge in [0.15, 0.2) is 0 Å². The van der Waals surface area contributed by atoms with E-state index in [1.807, 2.05) is 13.0 Å². The predicted octanol–water partition coefficient (Wildman–Crippen LogP) is 2.40. The Morgan fingerprint density at radius 1 is 1.39 bits per heavy atom. The molecule has 0 aromatic heterocycles. The number of ether oxygens (including phenoxy) is 1. The maximum atomic E-state index is 5.86. The second-order valence-electron chi connectivity index (χ2n) is 4.94. The average molecular weight is 248 g/mol. The van der Waals surface area contributed by atoms with Gasteiger partial charge < -0.3 is 10.5 Å². The summed E-state index contributed by atoms with van der Waals surface area (Å²) in [7, 11) is 0. The first-order valence-corrected chi connectivity index (χ1v) is 6.99. The van der Waals surface area contributed by atoms with E-state index >= 15 is 0 Å². The van der Waals surface area contributed by atoms with E-state index in [2.05, 4.69) is 23.1 Å². The second kappa shape index (κ2) is 6.76. The number of rotatable bonds is 5. The van der Waals surface area contributed by atoms with Gasteiger partial charge in [0.05, 0.1) is 6.61 Å². The summed E-state index contributed by atoms with van der Waals surface area (Å²) in [6, 6.07) is 8.95. The third kappa shape index (κ3) is 3.47. The summed E-state index contributed by atoms with van der Waals surface area (Å²) in [5, 5.41) is 0. The molecule has 1 fully saturated rings. The van der Waals surface area contributed by atoms with E-state index in [-0.39, 0.29) is 0 Å². The van der Waals surface area contributed by atoms with Crippen LogP contribution in [0, 0.1) is 0 Å². The molecular formula is C15H24N2O. The fraction of sp³-hybridized carbons (Fsp3) is 0.600. The van der Waals surface area contributed by atoms with Crippen molar-refractivity contribution in [3.63, 3.8) is 0 Å². The first-order valence-electron chi connectivity index (χ1n) is 6.99. The van der Waals surface area contributed by atoms with Crippen LogP contribution in [-0.4, -0.2) is 30.6 Å². The Balaban J connectivity index is 2.00. The number of nitrogens with two attached hydrogens (primary N) is 1. The van der Waals surface area contributed by atoms with Crippen molar-refractivity contribution < 1.29 is 4.74 Å². The molecule has 3 nitrogen and oxygen atoms in total. The van der Waals surface area contributed by atoms with Gasteiger partial charge in [-0.15, -0.1) is 0 Å². The lowest BCUT2D eigenvalue weighted by molar-refractivity contribution is 0.144. The quantitative estimate of drug-likeness (QED) is 0.869. The second-order valence-corrected chi connectivity index (χ2v) is 4.94. The number of hydrogen-bond donors (Lipinski definition) is 1. The molecule has 1 aliphatic heterocycles. The molecule has 100 valence electrons. The molecule has 0 amide bonds. The molecule has 1 aromatic carbocycles. The molecule has 2 N–H and O–H groups in total. The molecule has 0 aliphatic carbocycles. The van der Waals surface area contributed by atoms with E-state index in [9.17, 15) is 0 Å². The van der Waals surface area contributed by atoms with Crippen LogP contribution >= 0.6 is 0 Å². The maximum Gasteiger partial charge on any atom is 0.119 e. The van der Waals surface area contributed by atoms with Crippen molar-refractivity contribution in [2.24, 2.45) is 5.73 Å². The minimum absolute atomic E-state index is 0.550. The molecule has 1 aromatic rings. The summed E-state index contributed by atoms with van der Waals surface area (Å²) >= 11 is 0. The summed E-state index contributed by atoms with van der Waals surface area (Å²) in [5.74, 6) is 0.969. The van der Waals surface area contributed by atoms with E-state index in [4.69, 9.17) is 10.5 Å². The minimum Gasteiger partial charge on any atom is -0.494 e. The van der Waals surface area contributed by atoms with Crippen LogP contribution in [0.15, 0.2) is 24.3 Å². The van der Waals surface area contributed by atoms with Crippen LogP contribution in [0.25, 0.3) is 0 Å². The Morgan fingerprint density at radius 2 is 2.28 bits per heavy atom. The van der Waals surface area contributed by atoms with Gasteiger partial charge in [0, 0.05) is 19.1 Å². The van der Waals surface area contributed by atoms with Crippen LogP contribution in [-0.2, 0) is 6.54 Å². The van der Waals surface area contributed by atoms with Crippen LogP contribution in [0.4, 0.5) is 0 Å². The van der Waals surface area contributed by atoms with Crippen LogP contribution in [0.1, 0.15) is 31.7 Å². The highest BCUT2D eigenvalue weighted by Gasteiger charge is 2.20. The number of likely N-dealkylation sites (tertiary alicyclic amines) is 1. The summed E-state index contributed by atoms with van der Waals surface area (Å²) in [6.45, 7) is 5.66. The first kappa shape index (κ1) is 13.4.